The lowest BCUT2D eigenvalue weighted by molar-refractivity contribution is -0.00000446. The first-order valence-corrected chi connectivity index (χ1v) is 7.31. The van der Waals surface area contributed by atoms with Crippen molar-refractivity contribution >= 4 is 22.4 Å². The molecule has 2 aromatic carbocycles. The molecule has 0 bridgehead atoms. The number of thiazole rings is 1. The Morgan fingerprint density at radius 3 is 2.09 bits per heavy atom. The molecule has 1 aromatic heterocycles. The van der Waals surface area contributed by atoms with Crippen molar-refractivity contribution in [3.05, 3.63) is 60.0 Å². The Morgan fingerprint density at radius 1 is 0.864 bits per heavy atom. The van der Waals surface area contributed by atoms with Gasteiger partial charge in [0.25, 0.3) is 0 Å². The van der Waals surface area contributed by atoms with Crippen molar-refractivity contribution < 1.29 is 17.0 Å². The average molecular weight is 374 g/mol. The Morgan fingerprint density at radius 2 is 1.45 bits per heavy atom. The number of nitrogens with two attached hydrogens (primary N) is 2. The van der Waals surface area contributed by atoms with E-state index in [0.717, 1.165) is 11.3 Å². The van der Waals surface area contributed by atoms with Gasteiger partial charge in [-0.05, 0) is 11.1 Å². The minimum atomic E-state index is 0. The van der Waals surface area contributed by atoms with Gasteiger partial charge in [-0.25, -0.2) is 4.98 Å². The maximum atomic E-state index is 5.35. The molecule has 6 heteroatoms. The zero-order valence-corrected chi connectivity index (χ0v) is 14.0. The van der Waals surface area contributed by atoms with Crippen LogP contribution in [0.5, 0.6) is 0 Å². The van der Waals surface area contributed by atoms with Crippen LogP contribution in [0.1, 0.15) is 0 Å². The molecule has 3 aromatic rings. The van der Waals surface area contributed by atoms with Crippen molar-refractivity contribution in [3.63, 3.8) is 0 Å². The van der Waals surface area contributed by atoms with E-state index >= 15 is 0 Å². The highest BCUT2D eigenvalue weighted by Gasteiger charge is 2.04. The number of nitrogens with zero attached hydrogens (tertiary/aromatic N) is 2. The maximum Gasteiger partial charge on any atom is 0.212 e. The summed E-state index contributed by atoms with van der Waals surface area (Å²) in [7, 11) is 0. The van der Waals surface area contributed by atoms with E-state index in [-0.39, 0.29) is 22.9 Å². The number of guanidine groups is 1. The topological polar surface area (TPSA) is 77.3 Å². The third-order valence-corrected chi connectivity index (χ3v) is 3.74. The van der Waals surface area contributed by atoms with E-state index in [1.54, 1.807) is 0 Å². The molecule has 0 aliphatic heterocycles. The second-order valence-electron chi connectivity index (χ2n) is 4.50. The van der Waals surface area contributed by atoms with E-state index in [1.165, 1.54) is 22.5 Å². The van der Waals surface area contributed by atoms with Gasteiger partial charge in [0.05, 0.1) is 5.69 Å². The van der Waals surface area contributed by atoms with E-state index < -0.39 is 0 Å². The van der Waals surface area contributed by atoms with E-state index in [4.69, 9.17) is 11.5 Å². The van der Waals surface area contributed by atoms with Crippen molar-refractivity contribution in [2.24, 2.45) is 16.5 Å². The molecule has 0 unspecified atom stereocenters. The van der Waals surface area contributed by atoms with Gasteiger partial charge in [-0.2, -0.15) is 4.99 Å². The van der Waals surface area contributed by atoms with Crippen molar-refractivity contribution in [2.75, 3.05) is 0 Å². The van der Waals surface area contributed by atoms with Gasteiger partial charge in [0.15, 0.2) is 5.96 Å². The van der Waals surface area contributed by atoms with Gasteiger partial charge in [0.2, 0.25) is 5.13 Å². The first-order chi connectivity index (χ1) is 10.2. The monoisotopic (exact) mass is 373 g/mol. The van der Waals surface area contributed by atoms with Crippen LogP contribution in [0.25, 0.3) is 22.4 Å². The van der Waals surface area contributed by atoms with Gasteiger partial charge < -0.3 is 28.4 Å². The fourth-order valence-electron chi connectivity index (χ4n) is 2.02. The molecule has 112 valence electrons. The summed E-state index contributed by atoms with van der Waals surface area (Å²) >= 11 is 1.41. The molecule has 0 spiro atoms. The summed E-state index contributed by atoms with van der Waals surface area (Å²) < 4.78 is 0. The van der Waals surface area contributed by atoms with Crippen LogP contribution in [0.15, 0.2) is 65.0 Å². The Labute approximate surface area is 143 Å². The second-order valence-corrected chi connectivity index (χ2v) is 5.33. The summed E-state index contributed by atoms with van der Waals surface area (Å²) in [4.78, 5) is 8.34. The number of hydrogen-bond donors (Lipinski definition) is 2. The number of benzene rings is 2. The molecule has 3 rings (SSSR count). The molecule has 22 heavy (non-hydrogen) atoms. The summed E-state index contributed by atoms with van der Waals surface area (Å²) in [6, 6.07) is 18.5. The molecule has 0 fully saturated rings. The predicted molar refractivity (Wildman–Crippen MR) is 88.5 cm³/mol. The Bertz CT molecular complexity index is 762. The highest BCUT2D eigenvalue weighted by Crippen LogP contribution is 2.28. The van der Waals surface area contributed by atoms with Gasteiger partial charge in [-0.15, -0.1) is 11.3 Å². The zero-order valence-electron chi connectivity index (χ0n) is 11.6. The van der Waals surface area contributed by atoms with Gasteiger partial charge in [-0.1, -0.05) is 54.6 Å². The molecule has 0 saturated heterocycles. The number of rotatable bonds is 3. The number of aromatic nitrogens is 1. The highest BCUT2D eigenvalue weighted by molar-refractivity contribution is 7.13. The third-order valence-electron chi connectivity index (χ3n) is 3.00. The molecule has 4 N–H and O–H groups in total. The fourth-order valence-corrected chi connectivity index (χ4v) is 2.74. The van der Waals surface area contributed by atoms with Crippen molar-refractivity contribution in [1.82, 2.24) is 4.98 Å². The predicted octanol–water partition coefficient (Wildman–Crippen LogP) is 0.386. The summed E-state index contributed by atoms with van der Waals surface area (Å²) in [6.07, 6.45) is 0. The lowest BCUT2D eigenvalue weighted by atomic mass is 10.0. The van der Waals surface area contributed by atoms with Crippen molar-refractivity contribution in [1.29, 1.82) is 0 Å². The van der Waals surface area contributed by atoms with Gasteiger partial charge in [0, 0.05) is 10.9 Å². The SMILES string of the molecule is NC(N)=Nc1nc(-c2ccc(-c3ccccc3)cc2)cs1.[Br-]. The lowest BCUT2D eigenvalue weighted by Gasteiger charge is -2.02. The number of hydrogen-bond acceptors (Lipinski definition) is 3. The zero-order chi connectivity index (χ0) is 14.7. The van der Waals surface area contributed by atoms with Crippen LogP contribution >= 0.6 is 11.3 Å². The second kappa shape index (κ2) is 7.20. The molecule has 0 amide bonds. The van der Waals surface area contributed by atoms with Crippen LogP contribution in [-0.2, 0) is 0 Å². The molecule has 0 saturated carbocycles. The van der Waals surface area contributed by atoms with Gasteiger partial charge in [-0.3, -0.25) is 0 Å². The first-order valence-electron chi connectivity index (χ1n) is 6.43. The molecule has 4 nitrogen and oxygen atoms in total. The largest absolute Gasteiger partial charge is 1.00 e. The maximum absolute atomic E-state index is 5.35. The molecule has 0 radical (unpaired) electrons. The quantitative estimate of drug-likeness (QED) is 0.514. The molecular formula is C16H14BrN4S-. The van der Waals surface area contributed by atoms with Crippen LogP contribution in [-0.4, -0.2) is 10.9 Å². The average Bonchev–Trinajstić information content (AvgIpc) is 2.96. The standard InChI is InChI=1S/C16H14N4S.BrH/c17-15(18)20-16-19-14(10-21-16)13-8-6-12(7-9-13)11-4-2-1-3-5-11;/h1-10H,(H4,17,18,19,20);1H/p-1. The van der Waals surface area contributed by atoms with Crippen LogP contribution in [0.2, 0.25) is 0 Å². The summed E-state index contributed by atoms with van der Waals surface area (Å²) in [6.45, 7) is 0. The molecule has 0 aliphatic rings. The lowest BCUT2D eigenvalue weighted by Crippen LogP contribution is -3.00. The van der Waals surface area contributed by atoms with Crippen LogP contribution in [0.4, 0.5) is 5.13 Å². The highest BCUT2D eigenvalue weighted by atomic mass is 79.9. The Balaban J connectivity index is 0.00000176. The Hall–Kier alpha value is -2.18. The Kier molecular flexibility index (Phi) is 5.30. The molecular weight excluding hydrogens is 360 g/mol. The smallest absolute Gasteiger partial charge is 0.212 e. The van der Waals surface area contributed by atoms with Crippen molar-refractivity contribution in [2.45, 2.75) is 0 Å². The minimum Gasteiger partial charge on any atom is -1.00 e. The van der Waals surface area contributed by atoms with Crippen LogP contribution in [0, 0.1) is 0 Å². The molecule has 0 atom stereocenters. The number of aliphatic imine (C=N–C) groups is 1. The summed E-state index contributed by atoms with van der Waals surface area (Å²) in [5, 5.41) is 2.51. The van der Waals surface area contributed by atoms with E-state index in [0.29, 0.717) is 5.13 Å². The minimum absolute atomic E-state index is 0. The van der Waals surface area contributed by atoms with E-state index in [1.807, 2.05) is 23.6 Å². The molecule has 1 heterocycles. The number of halogens is 1. The summed E-state index contributed by atoms with van der Waals surface area (Å²) in [5.74, 6) is 0.0234. The first kappa shape index (κ1) is 16.2. The molecule has 0 aliphatic carbocycles. The van der Waals surface area contributed by atoms with Crippen LogP contribution < -0.4 is 28.4 Å². The van der Waals surface area contributed by atoms with Crippen molar-refractivity contribution in [3.8, 4) is 22.4 Å². The van der Waals surface area contributed by atoms with E-state index in [9.17, 15) is 0 Å². The van der Waals surface area contributed by atoms with Gasteiger partial charge in [0.1, 0.15) is 0 Å². The normalized spacial score (nSPS) is 9.82. The van der Waals surface area contributed by atoms with Gasteiger partial charge >= 0.3 is 0 Å². The fraction of sp³-hybridized carbons (Fsp3) is 0. The summed E-state index contributed by atoms with van der Waals surface area (Å²) in [5.41, 5.74) is 15.0. The third kappa shape index (κ3) is 3.72. The van der Waals surface area contributed by atoms with E-state index in [2.05, 4.69) is 46.4 Å². The van der Waals surface area contributed by atoms with Crippen LogP contribution in [0.3, 0.4) is 0 Å².